The lowest BCUT2D eigenvalue weighted by Gasteiger charge is -2.11. The van der Waals surface area contributed by atoms with E-state index in [4.69, 9.17) is 0 Å². The predicted octanol–water partition coefficient (Wildman–Crippen LogP) is 3.64. The van der Waals surface area contributed by atoms with Gasteiger partial charge in [0, 0.05) is 12.1 Å². The number of anilines is 1. The van der Waals surface area contributed by atoms with E-state index < -0.39 is 17.5 Å². The van der Waals surface area contributed by atoms with E-state index in [0.29, 0.717) is 5.82 Å². The van der Waals surface area contributed by atoms with E-state index in [9.17, 15) is 13.6 Å². The molecule has 0 spiro atoms. The summed E-state index contributed by atoms with van der Waals surface area (Å²) in [6.45, 7) is 1.94. The SMILES string of the molecule is Cc1ccccc1-n1nccc1NC(=O)Cc1ccc(F)cc1F. The molecule has 0 radical (unpaired) electrons. The predicted molar refractivity (Wildman–Crippen MR) is 87.0 cm³/mol. The van der Waals surface area contributed by atoms with Crippen molar-refractivity contribution in [3.05, 3.63) is 77.5 Å². The van der Waals surface area contributed by atoms with Crippen molar-refractivity contribution in [2.24, 2.45) is 0 Å². The van der Waals surface area contributed by atoms with E-state index >= 15 is 0 Å². The van der Waals surface area contributed by atoms with Crippen LogP contribution in [-0.2, 0) is 11.2 Å². The Labute approximate surface area is 137 Å². The minimum Gasteiger partial charge on any atom is -0.310 e. The molecule has 4 nitrogen and oxygen atoms in total. The number of nitrogens with zero attached hydrogens (tertiary/aromatic N) is 2. The molecule has 0 atom stereocenters. The molecule has 122 valence electrons. The Morgan fingerprint density at radius 3 is 2.71 bits per heavy atom. The normalized spacial score (nSPS) is 10.6. The molecule has 0 bridgehead atoms. The van der Waals surface area contributed by atoms with Crippen molar-refractivity contribution in [2.75, 3.05) is 5.32 Å². The third-order valence-corrected chi connectivity index (χ3v) is 3.62. The Balaban J connectivity index is 1.79. The zero-order valence-electron chi connectivity index (χ0n) is 13.0. The van der Waals surface area contributed by atoms with Gasteiger partial charge in [0.05, 0.1) is 18.3 Å². The molecule has 1 aromatic heterocycles. The summed E-state index contributed by atoms with van der Waals surface area (Å²) < 4.78 is 28.2. The maximum Gasteiger partial charge on any atom is 0.230 e. The van der Waals surface area contributed by atoms with Gasteiger partial charge in [-0.2, -0.15) is 5.10 Å². The van der Waals surface area contributed by atoms with Crippen molar-refractivity contribution in [2.45, 2.75) is 13.3 Å². The summed E-state index contributed by atoms with van der Waals surface area (Å²) >= 11 is 0. The fraction of sp³-hybridized carbons (Fsp3) is 0.111. The standard InChI is InChI=1S/C18H15F2N3O/c1-12-4-2-3-5-16(12)23-17(8-9-21-23)22-18(24)10-13-6-7-14(19)11-15(13)20/h2-9,11H,10H2,1H3,(H,22,24). The maximum atomic E-state index is 13.6. The second kappa shape index (κ2) is 6.62. The van der Waals surface area contributed by atoms with Crippen LogP contribution < -0.4 is 5.32 Å². The summed E-state index contributed by atoms with van der Waals surface area (Å²) in [4.78, 5) is 12.2. The summed E-state index contributed by atoms with van der Waals surface area (Å²) in [7, 11) is 0. The van der Waals surface area contributed by atoms with Crippen LogP contribution in [-0.4, -0.2) is 15.7 Å². The average Bonchev–Trinajstić information content (AvgIpc) is 2.98. The van der Waals surface area contributed by atoms with Gasteiger partial charge in [0.1, 0.15) is 17.5 Å². The first-order chi connectivity index (χ1) is 11.5. The lowest BCUT2D eigenvalue weighted by molar-refractivity contribution is -0.115. The van der Waals surface area contributed by atoms with Gasteiger partial charge in [-0.3, -0.25) is 4.79 Å². The molecule has 1 amide bonds. The van der Waals surface area contributed by atoms with Gasteiger partial charge in [-0.15, -0.1) is 0 Å². The van der Waals surface area contributed by atoms with Crippen LogP contribution in [0.5, 0.6) is 0 Å². The van der Waals surface area contributed by atoms with Gasteiger partial charge in [-0.05, 0) is 30.2 Å². The zero-order chi connectivity index (χ0) is 17.1. The van der Waals surface area contributed by atoms with E-state index in [1.165, 1.54) is 6.07 Å². The molecule has 3 rings (SSSR count). The van der Waals surface area contributed by atoms with Gasteiger partial charge in [0.25, 0.3) is 0 Å². The van der Waals surface area contributed by atoms with Crippen molar-refractivity contribution in [1.29, 1.82) is 0 Å². The minimum atomic E-state index is -0.738. The minimum absolute atomic E-state index is 0.135. The molecule has 3 aromatic rings. The van der Waals surface area contributed by atoms with E-state index in [-0.39, 0.29) is 12.0 Å². The Bertz CT molecular complexity index is 889. The van der Waals surface area contributed by atoms with Crippen LogP contribution >= 0.6 is 0 Å². The van der Waals surface area contributed by atoms with Gasteiger partial charge >= 0.3 is 0 Å². The lowest BCUT2D eigenvalue weighted by atomic mass is 10.1. The molecule has 24 heavy (non-hydrogen) atoms. The second-order valence-corrected chi connectivity index (χ2v) is 5.38. The molecule has 0 unspecified atom stereocenters. The summed E-state index contributed by atoms with van der Waals surface area (Å²) in [5, 5.41) is 6.92. The topological polar surface area (TPSA) is 46.9 Å². The largest absolute Gasteiger partial charge is 0.310 e. The first kappa shape index (κ1) is 15.9. The number of benzene rings is 2. The average molecular weight is 327 g/mol. The van der Waals surface area contributed by atoms with E-state index in [0.717, 1.165) is 23.4 Å². The smallest absolute Gasteiger partial charge is 0.230 e. The number of carbonyl (C=O) groups is 1. The van der Waals surface area contributed by atoms with Gasteiger partial charge in [-0.1, -0.05) is 24.3 Å². The molecule has 0 saturated heterocycles. The van der Waals surface area contributed by atoms with Crippen molar-refractivity contribution in [3.8, 4) is 5.69 Å². The number of rotatable bonds is 4. The summed E-state index contributed by atoms with van der Waals surface area (Å²) in [5.41, 5.74) is 1.97. The number of hydrogen-bond acceptors (Lipinski definition) is 2. The van der Waals surface area contributed by atoms with Crippen LogP contribution in [0.2, 0.25) is 0 Å². The number of carbonyl (C=O) groups excluding carboxylic acids is 1. The molecule has 0 aliphatic carbocycles. The molecule has 0 aliphatic heterocycles. The van der Waals surface area contributed by atoms with E-state index in [1.54, 1.807) is 16.9 Å². The monoisotopic (exact) mass is 327 g/mol. The van der Waals surface area contributed by atoms with Gasteiger partial charge in [0.2, 0.25) is 5.91 Å². The number of hydrogen-bond donors (Lipinski definition) is 1. The molecule has 0 saturated carbocycles. The molecule has 1 heterocycles. The van der Waals surface area contributed by atoms with Crippen molar-refractivity contribution < 1.29 is 13.6 Å². The Kier molecular flexibility index (Phi) is 4.37. The van der Waals surface area contributed by atoms with Crippen LogP contribution in [0.15, 0.2) is 54.7 Å². The number of halogens is 2. The van der Waals surface area contributed by atoms with Crippen LogP contribution in [0.4, 0.5) is 14.6 Å². The van der Waals surface area contributed by atoms with E-state index in [1.807, 2.05) is 31.2 Å². The van der Waals surface area contributed by atoms with Crippen molar-refractivity contribution >= 4 is 11.7 Å². The number of aromatic nitrogens is 2. The van der Waals surface area contributed by atoms with Crippen LogP contribution in [0.3, 0.4) is 0 Å². The number of amides is 1. The highest BCUT2D eigenvalue weighted by atomic mass is 19.1. The first-order valence-corrected chi connectivity index (χ1v) is 7.38. The Hall–Kier alpha value is -3.02. The summed E-state index contributed by atoms with van der Waals surface area (Å²) in [6, 6.07) is 12.4. The third-order valence-electron chi connectivity index (χ3n) is 3.62. The Morgan fingerprint density at radius 1 is 1.17 bits per heavy atom. The summed E-state index contributed by atoms with van der Waals surface area (Å²) in [6.07, 6.45) is 1.38. The first-order valence-electron chi connectivity index (χ1n) is 7.38. The fourth-order valence-corrected chi connectivity index (χ4v) is 2.42. The molecule has 0 aliphatic rings. The fourth-order valence-electron chi connectivity index (χ4n) is 2.42. The Morgan fingerprint density at radius 2 is 1.96 bits per heavy atom. The maximum absolute atomic E-state index is 13.6. The number of aryl methyl sites for hydroxylation is 1. The van der Waals surface area contributed by atoms with Crippen LogP contribution in [0.25, 0.3) is 5.69 Å². The molecular formula is C18H15F2N3O. The molecule has 0 fully saturated rings. The van der Waals surface area contributed by atoms with Crippen molar-refractivity contribution in [1.82, 2.24) is 9.78 Å². The van der Waals surface area contributed by atoms with E-state index in [2.05, 4.69) is 10.4 Å². The summed E-state index contributed by atoms with van der Waals surface area (Å²) in [5.74, 6) is -1.33. The second-order valence-electron chi connectivity index (χ2n) is 5.38. The quantitative estimate of drug-likeness (QED) is 0.795. The van der Waals surface area contributed by atoms with Gasteiger partial charge in [0.15, 0.2) is 0 Å². The van der Waals surface area contributed by atoms with Gasteiger partial charge in [-0.25, -0.2) is 13.5 Å². The van der Waals surface area contributed by atoms with Crippen LogP contribution in [0.1, 0.15) is 11.1 Å². The molecular weight excluding hydrogens is 312 g/mol. The number of nitrogens with one attached hydrogen (secondary N) is 1. The molecule has 6 heteroatoms. The van der Waals surface area contributed by atoms with Crippen molar-refractivity contribution in [3.63, 3.8) is 0 Å². The molecule has 2 aromatic carbocycles. The number of para-hydroxylation sites is 1. The van der Waals surface area contributed by atoms with Gasteiger partial charge < -0.3 is 5.32 Å². The highest BCUT2D eigenvalue weighted by Gasteiger charge is 2.13. The lowest BCUT2D eigenvalue weighted by Crippen LogP contribution is -2.18. The highest BCUT2D eigenvalue weighted by molar-refractivity contribution is 5.91. The van der Waals surface area contributed by atoms with Crippen LogP contribution in [0, 0.1) is 18.6 Å². The highest BCUT2D eigenvalue weighted by Crippen LogP contribution is 2.18. The zero-order valence-corrected chi connectivity index (χ0v) is 13.0. The molecule has 1 N–H and O–H groups in total. The third kappa shape index (κ3) is 3.32.